The molecule has 1 rings (SSSR count). The number of aliphatic imine (C=N–C) groups is 1. The number of urea groups is 1. The van der Waals surface area contributed by atoms with Crippen molar-refractivity contribution in [3.63, 3.8) is 0 Å². The summed E-state index contributed by atoms with van der Waals surface area (Å²) in [5, 5.41) is 6.22. The fourth-order valence-electron chi connectivity index (χ4n) is 2.56. The van der Waals surface area contributed by atoms with Gasteiger partial charge in [-0.2, -0.15) is 13.2 Å². The summed E-state index contributed by atoms with van der Waals surface area (Å²) in [6, 6.07) is 7.94. The molecule has 8 heteroatoms. The van der Waals surface area contributed by atoms with Crippen LogP contribution in [0, 0.1) is 0 Å². The number of anilines is 1. The Balaban J connectivity index is 0.00000161. The predicted octanol–water partition coefficient (Wildman–Crippen LogP) is 6.16. The second kappa shape index (κ2) is 14.3. The number of nitrogens with zero attached hydrogens (tertiary/aromatic N) is 2. The van der Waals surface area contributed by atoms with Crippen molar-refractivity contribution in [2.24, 2.45) is 4.99 Å². The van der Waals surface area contributed by atoms with Gasteiger partial charge in [-0.05, 0) is 64.1 Å². The summed E-state index contributed by atoms with van der Waals surface area (Å²) < 4.78 is 31.1. The number of benzene rings is 1. The number of halogens is 3. The molecule has 5 nitrogen and oxygen atoms in total. The van der Waals surface area contributed by atoms with Crippen molar-refractivity contribution in [3.8, 4) is 0 Å². The summed E-state index contributed by atoms with van der Waals surface area (Å²) in [6.07, 6.45) is 0.918. The van der Waals surface area contributed by atoms with Crippen LogP contribution in [0.4, 0.5) is 23.7 Å². The zero-order chi connectivity index (χ0) is 24.0. The minimum atomic E-state index is -4.00. The fourth-order valence-corrected chi connectivity index (χ4v) is 2.56. The molecule has 2 N–H and O–H groups in total. The number of hydrogen-bond acceptors (Lipinski definition) is 3. The van der Waals surface area contributed by atoms with Crippen LogP contribution >= 0.6 is 0 Å². The van der Waals surface area contributed by atoms with Crippen molar-refractivity contribution >= 4 is 18.4 Å². The Bertz CT molecular complexity index is 732. The van der Waals surface area contributed by atoms with Crippen LogP contribution in [0.2, 0.25) is 0 Å². The lowest BCUT2D eigenvalue weighted by Gasteiger charge is -2.27. The van der Waals surface area contributed by atoms with Gasteiger partial charge in [-0.25, -0.2) is 9.79 Å². The Hall–Kier alpha value is -2.77. The van der Waals surface area contributed by atoms with E-state index in [1.807, 2.05) is 64.1 Å². The van der Waals surface area contributed by atoms with E-state index in [4.69, 9.17) is 0 Å². The van der Waals surface area contributed by atoms with Gasteiger partial charge >= 0.3 is 12.2 Å². The topological polar surface area (TPSA) is 56.7 Å². The van der Waals surface area contributed by atoms with Crippen molar-refractivity contribution < 1.29 is 18.0 Å². The Labute approximate surface area is 184 Å². The number of carbonyl (C=O) groups is 1. The predicted molar refractivity (Wildman–Crippen MR) is 123 cm³/mol. The standard InChI is InChI=1S/C21H32N4O.C2H3F3/c1-7-9-17(5)20(22-6)23-14-15-25(16(3)4)21(26)24-19-12-10-18(8-2)11-13-19;1-2(3,4)5/h7,9-13,16,23H,6,8,14-15H2,1-5H3,(H,24,26);1H3/b9-7-,20-17+;. The molecule has 0 atom stereocenters. The van der Waals surface area contributed by atoms with E-state index in [-0.39, 0.29) is 19.0 Å². The van der Waals surface area contributed by atoms with E-state index in [2.05, 4.69) is 29.3 Å². The number of amides is 2. The minimum absolute atomic E-state index is 0.0902. The number of hydrogen-bond donors (Lipinski definition) is 2. The molecule has 31 heavy (non-hydrogen) atoms. The van der Waals surface area contributed by atoms with Crippen LogP contribution < -0.4 is 10.6 Å². The smallest absolute Gasteiger partial charge is 0.368 e. The number of allylic oxidation sites excluding steroid dienone is 3. The van der Waals surface area contributed by atoms with E-state index in [0.29, 0.717) is 13.1 Å². The van der Waals surface area contributed by atoms with Crippen LogP contribution in [0.3, 0.4) is 0 Å². The molecule has 0 saturated heterocycles. The third kappa shape index (κ3) is 13.2. The summed E-state index contributed by atoms with van der Waals surface area (Å²) in [4.78, 5) is 18.4. The maximum Gasteiger partial charge on any atom is 0.386 e. The van der Waals surface area contributed by atoms with Crippen molar-refractivity contribution in [1.29, 1.82) is 0 Å². The summed E-state index contributed by atoms with van der Waals surface area (Å²) in [5.74, 6) is 0.738. The summed E-state index contributed by atoms with van der Waals surface area (Å²) in [6.45, 7) is 15.0. The Kier molecular flexibility index (Phi) is 13.0. The van der Waals surface area contributed by atoms with E-state index in [0.717, 1.165) is 23.5 Å². The SMILES string of the molecule is C=N/C(NCCN(C(=O)Nc1ccc(CC)cc1)C(C)C)=C(C)\C=C/C.CC(F)(F)F. The van der Waals surface area contributed by atoms with Crippen LogP contribution in [0.5, 0.6) is 0 Å². The van der Waals surface area contributed by atoms with E-state index in [1.165, 1.54) is 5.56 Å². The van der Waals surface area contributed by atoms with E-state index in [9.17, 15) is 18.0 Å². The van der Waals surface area contributed by atoms with Gasteiger partial charge in [0.25, 0.3) is 0 Å². The van der Waals surface area contributed by atoms with Gasteiger partial charge in [0, 0.05) is 31.7 Å². The molecule has 2 amide bonds. The molecule has 0 radical (unpaired) electrons. The maximum absolute atomic E-state index is 12.6. The lowest BCUT2D eigenvalue weighted by Crippen LogP contribution is -2.43. The number of carbonyl (C=O) groups excluding carboxylic acids is 1. The average Bonchev–Trinajstić information content (AvgIpc) is 2.67. The molecule has 0 aliphatic rings. The van der Waals surface area contributed by atoms with E-state index >= 15 is 0 Å². The molecule has 0 aliphatic heterocycles. The number of rotatable bonds is 9. The third-order valence-corrected chi connectivity index (χ3v) is 4.09. The van der Waals surface area contributed by atoms with Crippen molar-refractivity contribution in [1.82, 2.24) is 10.2 Å². The first kappa shape index (κ1) is 28.2. The van der Waals surface area contributed by atoms with Crippen LogP contribution in [-0.2, 0) is 6.42 Å². The summed E-state index contributed by atoms with van der Waals surface area (Å²) in [7, 11) is 0. The normalized spacial score (nSPS) is 12.1. The second-order valence-corrected chi connectivity index (χ2v) is 7.17. The number of nitrogens with one attached hydrogen (secondary N) is 2. The van der Waals surface area contributed by atoms with Crippen molar-refractivity contribution in [3.05, 3.63) is 53.4 Å². The molecular formula is C23H35F3N4O. The first-order valence-corrected chi connectivity index (χ1v) is 10.2. The highest BCUT2D eigenvalue weighted by molar-refractivity contribution is 5.89. The van der Waals surface area contributed by atoms with E-state index in [1.54, 1.807) is 4.90 Å². The van der Waals surface area contributed by atoms with Gasteiger partial charge in [-0.15, -0.1) is 0 Å². The third-order valence-electron chi connectivity index (χ3n) is 4.09. The number of aryl methyl sites for hydroxylation is 1. The van der Waals surface area contributed by atoms with Crippen molar-refractivity contribution in [2.45, 2.75) is 60.2 Å². The zero-order valence-electron chi connectivity index (χ0n) is 19.3. The highest BCUT2D eigenvalue weighted by Gasteiger charge is 2.17. The molecule has 0 saturated carbocycles. The Morgan fingerprint density at radius 3 is 2.23 bits per heavy atom. The molecule has 174 valence electrons. The highest BCUT2D eigenvalue weighted by atomic mass is 19.4. The minimum Gasteiger partial charge on any atom is -0.368 e. The highest BCUT2D eigenvalue weighted by Crippen LogP contribution is 2.12. The largest absolute Gasteiger partial charge is 0.386 e. The first-order chi connectivity index (χ1) is 14.4. The molecule has 0 bridgehead atoms. The molecule has 0 unspecified atom stereocenters. The molecule has 0 spiro atoms. The summed E-state index contributed by atoms with van der Waals surface area (Å²) >= 11 is 0. The molecule has 1 aromatic rings. The van der Waals surface area contributed by atoms with E-state index < -0.39 is 6.18 Å². The van der Waals surface area contributed by atoms with Crippen LogP contribution in [0.25, 0.3) is 0 Å². The molecule has 0 fully saturated rings. The maximum atomic E-state index is 12.6. The Morgan fingerprint density at radius 2 is 1.81 bits per heavy atom. The fraction of sp³-hybridized carbons (Fsp3) is 0.478. The molecule has 0 aromatic heterocycles. The summed E-state index contributed by atoms with van der Waals surface area (Å²) in [5.41, 5.74) is 3.07. The number of alkyl halides is 3. The van der Waals surface area contributed by atoms with Crippen LogP contribution in [0.1, 0.15) is 47.1 Å². The molecule has 0 aliphatic carbocycles. The van der Waals surface area contributed by atoms with Crippen LogP contribution in [-0.4, -0.2) is 43.0 Å². The van der Waals surface area contributed by atoms with Crippen molar-refractivity contribution in [2.75, 3.05) is 18.4 Å². The molecule has 1 aromatic carbocycles. The van der Waals surface area contributed by atoms with Crippen LogP contribution in [0.15, 0.2) is 52.8 Å². The van der Waals surface area contributed by atoms with Gasteiger partial charge in [0.05, 0.1) is 0 Å². The van der Waals surface area contributed by atoms with Gasteiger partial charge in [-0.1, -0.05) is 31.2 Å². The molecular weight excluding hydrogens is 405 g/mol. The van der Waals surface area contributed by atoms with Gasteiger partial charge in [-0.3, -0.25) is 0 Å². The quantitative estimate of drug-likeness (QED) is 0.357. The zero-order valence-corrected chi connectivity index (χ0v) is 19.3. The van der Waals surface area contributed by atoms with Gasteiger partial charge in [0.15, 0.2) is 0 Å². The second-order valence-electron chi connectivity index (χ2n) is 7.17. The lowest BCUT2D eigenvalue weighted by molar-refractivity contribution is -0.110. The molecule has 0 heterocycles. The van der Waals surface area contributed by atoms with Gasteiger partial charge in [0.1, 0.15) is 5.82 Å². The first-order valence-electron chi connectivity index (χ1n) is 10.2. The van der Waals surface area contributed by atoms with Gasteiger partial charge in [0.2, 0.25) is 0 Å². The van der Waals surface area contributed by atoms with Gasteiger partial charge < -0.3 is 15.5 Å². The average molecular weight is 441 g/mol. The lowest BCUT2D eigenvalue weighted by atomic mass is 10.1. The Morgan fingerprint density at radius 1 is 1.26 bits per heavy atom. The monoisotopic (exact) mass is 440 g/mol.